The number of nitrogens with one attached hydrogen (secondary N) is 2. The molecule has 0 aromatic heterocycles. The molecule has 2 aliphatic rings. The minimum atomic E-state index is -3.33. The fourth-order valence-electron chi connectivity index (χ4n) is 2.95. The third-order valence-electron chi connectivity index (χ3n) is 4.18. The summed E-state index contributed by atoms with van der Waals surface area (Å²) in [5.74, 6) is -0.0716. The van der Waals surface area contributed by atoms with E-state index in [0.29, 0.717) is 19.7 Å². The molecular weight excluding hydrogens is 306 g/mol. The highest BCUT2D eigenvalue weighted by molar-refractivity contribution is 7.89. The molecule has 0 aromatic rings. The van der Waals surface area contributed by atoms with E-state index in [1.54, 1.807) is 0 Å². The molecule has 1 saturated carbocycles. The van der Waals surface area contributed by atoms with Crippen LogP contribution in [0.15, 0.2) is 0 Å². The molecule has 0 bridgehead atoms. The number of rotatable bonds is 5. The molecule has 1 aliphatic heterocycles. The van der Waals surface area contributed by atoms with Crippen molar-refractivity contribution in [1.82, 2.24) is 14.9 Å². The van der Waals surface area contributed by atoms with Gasteiger partial charge >= 0.3 is 6.03 Å². The van der Waals surface area contributed by atoms with E-state index in [1.165, 1.54) is 10.7 Å². The fourth-order valence-corrected chi connectivity index (χ4v) is 4.35. The van der Waals surface area contributed by atoms with Gasteiger partial charge in [-0.1, -0.05) is 19.3 Å². The Morgan fingerprint density at radius 2 is 2.00 bits per heavy atom. The van der Waals surface area contributed by atoms with Gasteiger partial charge in [-0.25, -0.2) is 13.2 Å². The molecule has 1 unspecified atom stereocenters. The standard InChI is InChI=1S/C14H27N3O4S/c1-12-11-17(8-9-21-12)22(19,20)10-7-15-14(18)16-13-5-3-2-4-6-13/h12-13H,2-11H2,1H3,(H2,15,16,18). The Morgan fingerprint density at radius 3 is 2.68 bits per heavy atom. The topological polar surface area (TPSA) is 87.7 Å². The summed E-state index contributed by atoms with van der Waals surface area (Å²) in [6.45, 7) is 3.19. The Hall–Kier alpha value is -0.860. The maximum absolute atomic E-state index is 12.2. The summed E-state index contributed by atoms with van der Waals surface area (Å²) >= 11 is 0. The van der Waals surface area contributed by atoms with E-state index in [2.05, 4.69) is 10.6 Å². The molecular formula is C14H27N3O4S. The molecule has 0 radical (unpaired) electrons. The molecule has 2 N–H and O–H groups in total. The zero-order valence-corrected chi connectivity index (χ0v) is 14.0. The van der Waals surface area contributed by atoms with Gasteiger partial charge in [-0.15, -0.1) is 0 Å². The molecule has 2 fully saturated rings. The van der Waals surface area contributed by atoms with Crippen molar-refractivity contribution in [2.45, 2.75) is 51.2 Å². The van der Waals surface area contributed by atoms with E-state index in [1.807, 2.05) is 6.92 Å². The first-order valence-corrected chi connectivity index (χ1v) is 9.72. The van der Waals surface area contributed by atoms with Crippen LogP contribution < -0.4 is 10.6 Å². The zero-order valence-electron chi connectivity index (χ0n) is 13.2. The van der Waals surface area contributed by atoms with E-state index < -0.39 is 10.0 Å². The molecule has 1 aliphatic carbocycles. The van der Waals surface area contributed by atoms with Crippen LogP contribution in [0, 0.1) is 0 Å². The first kappa shape index (κ1) is 17.5. The molecule has 1 saturated heterocycles. The predicted molar refractivity (Wildman–Crippen MR) is 84.2 cm³/mol. The van der Waals surface area contributed by atoms with Crippen LogP contribution in [0.2, 0.25) is 0 Å². The van der Waals surface area contributed by atoms with Gasteiger partial charge in [0.25, 0.3) is 0 Å². The largest absolute Gasteiger partial charge is 0.376 e. The molecule has 8 heteroatoms. The van der Waals surface area contributed by atoms with Crippen molar-refractivity contribution in [3.05, 3.63) is 0 Å². The summed E-state index contributed by atoms with van der Waals surface area (Å²) in [5.41, 5.74) is 0. The summed E-state index contributed by atoms with van der Waals surface area (Å²) in [6, 6.07) is -0.0390. The van der Waals surface area contributed by atoms with Crippen molar-refractivity contribution < 1.29 is 17.9 Å². The van der Waals surface area contributed by atoms with Crippen molar-refractivity contribution in [2.75, 3.05) is 32.0 Å². The average molecular weight is 333 g/mol. The minimum Gasteiger partial charge on any atom is -0.376 e. The number of nitrogens with zero attached hydrogens (tertiary/aromatic N) is 1. The molecule has 0 spiro atoms. The Labute approximate surface area is 132 Å². The highest BCUT2D eigenvalue weighted by Gasteiger charge is 2.27. The number of carbonyl (C=O) groups excluding carboxylic acids is 1. The van der Waals surface area contributed by atoms with Crippen LogP contribution in [0.3, 0.4) is 0 Å². The Morgan fingerprint density at radius 1 is 1.27 bits per heavy atom. The van der Waals surface area contributed by atoms with E-state index in [-0.39, 0.29) is 30.5 Å². The number of urea groups is 1. The first-order chi connectivity index (χ1) is 10.5. The second kappa shape index (κ2) is 8.12. The number of carbonyl (C=O) groups is 1. The first-order valence-electron chi connectivity index (χ1n) is 8.11. The molecule has 7 nitrogen and oxygen atoms in total. The summed E-state index contributed by atoms with van der Waals surface area (Å²) in [4.78, 5) is 11.8. The van der Waals surface area contributed by atoms with E-state index in [9.17, 15) is 13.2 Å². The average Bonchev–Trinajstić information content (AvgIpc) is 2.48. The van der Waals surface area contributed by atoms with Gasteiger partial charge in [0.2, 0.25) is 10.0 Å². The fraction of sp³-hybridized carbons (Fsp3) is 0.929. The summed E-state index contributed by atoms with van der Waals surface area (Å²) in [7, 11) is -3.33. The number of ether oxygens (including phenoxy) is 1. The number of hydrogen-bond donors (Lipinski definition) is 2. The van der Waals surface area contributed by atoms with Crippen LogP contribution in [0.1, 0.15) is 39.0 Å². The Bertz CT molecular complexity index is 463. The lowest BCUT2D eigenvalue weighted by Gasteiger charge is -2.30. The Balaban J connectivity index is 1.69. The van der Waals surface area contributed by atoms with Gasteiger partial charge in [0.15, 0.2) is 0 Å². The van der Waals surface area contributed by atoms with Gasteiger partial charge in [0.05, 0.1) is 18.5 Å². The van der Waals surface area contributed by atoms with E-state index >= 15 is 0 Å². The highest BCUT2D eigenvalue weighted by atomic mass is 32.2. The quantitative estimate of drug-likeness (QED) is 0.774. The molecule has 1 heterocycles. The van der Waals surface area contributed by atoms with E-state index in [4.69, 9.17) is 4.74 Å². The number of hydrogen-bond acceptors (Lipinski definition) is 4. The van der Waals surface area contributed by atoms with Gasteiger partial charge in [-0.2, -0.15) is 4.31 Å². The lowest BCUT2D eigenvalue weighted by atomic mass is 9.96. The molecule has 128 valence electrons. The van der Waals surface area contributed by atoms with Crippen LogP contribution in [-0.4, -0.2) is 62.9 Å². The smallest absolute Gasteiger partial charge is 0.315 e. The van der Waals surface area contributed by atoms with Gasteiger partial charge in [-0.3, -0.25) is 0 Å². The van der Waals surface area contributed by atoms with Crippen LogP contribution in [0.4, 0.5) is 4.79 Å². The van der Waals surface area contributed by atoms with Crippen LogP contribution >= 0.6 is 0 Å². The lowest BCUT2D eigenvalue weighted by Crippen LogP contribution is -2.48. The highest BCUT2D eigenvalue weighted by Crippen LogP contribution is 2.17. The van der Waals surface area contributed by atoms with Crippen LogP contribution in [0.5, 0.6) is 0 Å². The van der Waals surface area contributed by atoms with Crippen LogP contribution in [-0.2, 0) is 14.8 Å². The second-order valence-corrected chi connectivity index (χ2v) is 8.18. The van der Waals surface area contributed by atoms with Gasteiger partial charge in [0.1, 0.15) is 0 Å². The maximum Gasteiger partial charge on any atom is 0.315 e. The minimum absolute atomic E-state index is 0.0716. The summed E-state index contributed by atoms with van der Waals surface area (Å²) in [6.07, 6.45) is 5.47. The molecule has 1 atom stereocenters. The normalized spacial score (nSPS) is 24.9. The second-order valence-electron chi connectivity index (χ2n) is 6.09. The molecule has 2 amide bonds. The van der Waals surface area contributed by atoms with Crippen LogP contribution in [0.25, 0.3) is 0 Å². The van der Waals surface area contributed by atoms with Gasteiger partial charge in [0, 0.05) is 25.7 Å². The summed E-state index contributed by atoms with van der Waals surface area (Å²) in [5, 5.41) is 5.56. The monoisotopic (exact) mass is 333 g/mol. The summed E-state index contributed by atoms with van der Waals surface area (Å²) < 4.78 is 31.2. The lowest BCUT2D eigenvalue weighted by molar-refractivity contribution is 0.0102. The molecule has 2 rings (SSSR count). The van der Waals surface area contributed by atoms with Crippen molar-refractivity contribution in [2.24, 2.45) is 0 Å². The van der Waals surface area contributed by atoms with Crippen molar-refractivity contribution in [1.29, 1.82) is 0 Å². The molecule has 22 heavy (non-hydrogen) atoms. The number of amides is 2. The number of sulfonamides is 1. The number of morpholine rings is 1. The third kappa shape index (κ3) is 5.40. The van der Waals surface area contributed by atoms with Crippen molar-refractivity contribution in [3.8, 4) is 0 Å². The van der Waals surface area contributed by atoms with E-state index in [0.717, 1.165) is 25.7 Å². The van der Waals surface area contributed by atoms with Gasteiger partial charge in [-0.05, 0) is 19.8 Å². The zero-order chi connectivity index (χ0) is 16.0. The van der Waals surface area contributed by atoms with Crippen molar-refractivity contribution >= 4 is 16.1 Å². The maximum atomic E-state index is 12.2. The molecule has 0 aromatic carbocycles. The predicted octanol–water partition coefficient (Wildman–Crippen LogP) is 0.669. The van der Waals surface area contributed by atoms with Crippen molar-refractivity contribution in [3.63, 3.8) is 0 Å². The third-order valence-corrected chi connectivity index (χ3v) is 6.02. The SMILES string of the molecule is CC1CN(S(=O)(=O)CCNC(=O)NC2CCCCC2)CCO1. The van der Waals surface area contributed by atoms with Gasteiger partial charge < -0.3 is 15.4 Å². The Kier molecular flexibility index (Phi) is 6.46.